The van der Waals surface area contributed by atoms with E-state index in [-0.39, 0.29) is 18.5 Å². The van der Waals surface area contributed by atoms with Crippen molar-refractivity contribution in [1.82, 2.24) is 0 Å². The third-order valence-corrected chi connectivity index (χ3v) is 5.82. The molecule has 0 spiro atoms. The van der Waals surface area contributed by atoms with E-state index in [4.69, 9.17) is 9.05 Å². The van der Waals surface area contributed by atoms with Gasteiger partial charge in [0.05, 0.1) is 24.1 Å². The summed E-state index contributed by atoms with van der Waals surface area (Å²) in [7, 11) is -3.62. The van der Waals surface area contributed by atoms with Crippen LogP contribution in [-0.2, 0) is 19.8 Å². The lowest BCUT2D eigenvalue weighted by Gasteiger charge is -2.18. The number of hydrogen-bond acceptors (Lipinski definition) is 3. The van der Waals surface area contributed by atoms with E-state index in [1.165, 1.54) is 18.2 Å². The Bertz CT molecular complexity index is 847. The summed E-state index contributed by atoms with van der Waals surface area (Å²) in [6.45, 7) is 3.73. The smallest absolute Gasteiger partial charge is 0.305 e. The van der Waals surface area contributed by atoms with Crippen molar-refractivity contribution in [3.8, 4) is 0 Å². The highest BCUT2D eigenvalue weighted by Gasteiger charge is 2.30. The molecule has 0 aromatic heterocycles. The minimum atomic E-state index is -4.41. The van der Waals surface area contributed by atoms with Gasteiger partial charge in [0.25, 0.3) is 0 Å². The van der Waals surface area contributed by atoms with Crippen molar-refractivity contribution in [2.75, 3.05) is 13.2 Å². The van der Waals surface area contributed by atoms with Crippen LogP contribution in [0.2, 0.25) is 0 Å². The van der Waals surface area contributed by atoms with Gasteiger partial charge in [-0.15, -0.1) is 0 Å². The fourth-order valence-corrected chi connectivity index (χ4v) is 4.05. The average molecular weight is 410 g/mol. The second kappa shape index (κ2) is 9.87. The fraction of sp³-hybridized carbons (Fsp3) is 0.238. The van der Waals surface area contributed by atoms with E-state index in [0.29, 0.717) is 5.56 Å². The summed E-state index contributed by atoms with van der Waals surface area (Å²) in [5, 5.41) is 0.264. The van der Waals surface area contributed by atoms with Crippen LogP contribution in [0.25, 0.3) is 12.2 Å². The Labute approximate surface area is 163 Å². The third kappa shape index (κ3) is 6.20. The standard InChI is InChI=1S/C21H22F3O3P/c1-3-26-28(25,27-4-2)20(15-12-17-8-6-5-7-9-17)16-18-10-13-19(14-11-18)21(22,23)24/h5-16H,3-4H2,1-2H3/b15-12+,20-16+. The maximum atomic E-state index is 13.2. The first-order valence-corrected chi connectivity index (χ1v) is 10.3. The van der Waals surface area contributed by atoms with Crippen molar-refractivity contribution >= 4 is 19.7 Å². The maximum Gasteiger partial charge on any atom is 0.416 e. The molecule has 0 saturated carbocycles. The van der Waals surface area contributed by atoms with E-state index in [9.17, 15) is 17.7 Å². The molecule has 0 radical (unpaired) electrons. The molecule has 0 N–H and O–H groups in total. The zero-order valence-electron chi connectivity index (χ0n) is 15.6. The van der Waals surface area contributed by atoms with Gasteiger partial charge in [0.15, 0.2) is 0 Å². The van der Waals surface area contributed by atoms with E-state index in [2.05, 4.69) is 0 Å². The van der Waals surface area contributed by atoms with Crippen molar-refractivity contribution < 1.29 is 26.8 Å². The second-order valence-corrected chi connectivity index (χ2v) is 7.79. The molecule has 0 aliphatic rings. The first-order chi connectivity index (χ1) is 13.3. The predicted octanol–water partition coefficient (Wildman–Crippen LogP) is 7.03. The molecule has 0 unspecified atom stereocenters. The highest BCUT2D eigenvalue weighted by Crippen LogP contribution is 2.57. The van der Waals surface area contributed by atoms with Crippen molar-refractivity contribution in [2.45, 2.75) is 20.0 Å². The van der Waals surface area contributed by atoms with Crippen LogP contribution < -0.4 is 0 Å². The van der Waals surface area contributed by atoms with Crippen molar-refractivity contribution in [1.29, 1.82) is 0 Å². The highest BCUT2D eigenvalue weighted by atomic mass is 31.2. The minimum Gasteiger partial charge on any atom is -0.305 e. The van der Waals surface area contributed by atoms with Gasteiger partial charge in [-0.25, -0.2) is 0 Å². The molecule has 28 heavy (non-hydrogen) atoms. The topological polar surface area (TPSA) is 35.5 Å². The quantitative estimate of drug-likeness (QED) is 0.346. The average Bonchev–Trinajstić information content (AvgIpc) is 2.66. The van der Waals surface area contributed by atoms with Crippen LogP contribution in [0, 0.1) is 0 Å². The predicted molar refractivity (Wildman–Crippen MR) is 106 cm³/mol. The molecule has 7 heteroatoms. The molecule has 0 bridgehead atoms. The van der Waals surface area contributed by atoms with Gasteiger partial charge in [-0.05, 0) is 49.3 Å². The van der Waals surface area contributed by atoms with Gasteiger partial charge in [0.2, 0.25) is 0 Å². The van der Waals surface area contributed by atoms with Crippen LogP contribution in [0.3, 0.4) is 0 Å². The molecule has 0 aliphatic carbocycles. The second-order valence-electron chi connectivity index (χ2n) is 5.77. The summed E-state index contributed by atoms with van der Waals surface area (Å²) in [6, 6.07) is 14.0. The monoisotopic (exact) mass is 410 g/mol. The van der Waals surface area contributed by atoms with Gasteiger partial charge in [-0.3, -0.25) is 4.57 Å². The summed E-state index contributed by atoms with van der Waals surface area (Å²) in [4.78, 5) is 0. The molecule has 0 fully saturated rings. The van der Waals surface area contributed by atoms with Crippen LogP contribution in [0.5, 0.6) is 0 Å². The lowest BCUT2D eigenvalue weighted by atomic mass is 10.1. The highest BCUT2D eigenvalue weighted by molar-refractivity contribution is 7.59. The Kier molecular flexibility index (Phi) is 7.81. The van der Waals surface area contributed by atoms with E-state index in [1.807, 2.05) is 30.3 Å². The lowest BCUT2D eigenvalue weighted by Crippen LogP contribution is -2.04. The van der Waals surface area contributed by atoms with Gasteiger partial charge in [0, 0.05) is 0 Å². The molecule has 150 valence electrons. The molecule has 0 heterocycles. The summed E-state index contributed by atoms with van der Waals surface area (Å²) in [6.07, 6.45) is 0.468. The van der Waals surface area contributed by atoms with Gasteiger partial charge in [0.1, 0.15) is 0 Å². The summed E-state index contributed by atoms with van der Waals surface area (Å²) < 4.78 is 62.3. The number of alkyl halides is 3. The maximum absolute atomic E-state index is 13.2. The van der Waals surface area contributed by atoms with Crippen molar-refractivity contribution in [3.63, 3.8) is 0 Å². The molecule has 0 aliphatic heterocycles. The molecule has 0 atom stereocenters. The number of halogens is 3. The SMILES string of the molecule is CCOP(=O)(OCC)C(/C=C/c1ccccc1)=C/c1ccc(C(F)(F)F)cc1. The molecule has 3 nitrogen and oxygen atoms in total. The molecule has 2 aromatic carbocycles. The number of rotatable bonds is 8. The van der Waals surface area contributed by atoms with Gasteiger partial charge >= 0.3 is 13.8 Å². The van der Waals surface area contributed by atoms with Gasteiger partial charge in [-0.1, -0.05) is 48.5 Å². The molecular formula is C21H22F3O3P. The first-order valence-electron chi connectivity index (χ1n) is 8.80. The minimum absolute atomic E-state index is 0.167. The third-order valence-electron chi connectivity index (χ3n) is 3.71. The summed E-state index contributed by atoms with van der Waals surface area (Å²) >= 11 is 0. The molecule has 0 amide bonds. The molecule has 2 aromatic rings. The Morgan fingerprint density at radius 3 is 2.00 bits per heavy atom. The Balaban J connectivity index is 2.46. The van der Waals surface area contributed by atoms with Crippen LogP contribution in [-0.4, -0.2) is 13.2 Å². The number of allylic oxidation sites excluding steroid dienone is 2. The zero-order valence-corrected chi connectivity index (χ0v) is 16.5. The summed E-state index contributed by atoms with van der Waals surface area (Å²) in [5.74, 6) is 0. The first kappa shape index (κ1) is 22.2. The van der Waals surface area contributed by atoms with Crippen LogP contribution in [0.4, 0.5) is 13.2 Å². The van der Waals surface area contributed by atoms with Crippen LogP contribution in [0.15, 0.2) is 66.0 Å². The Hall–Kier alpha value is -2.14. The Morgan fingerprint density at radius 2 is 1.50 bits per heavy atom. The normalized spacial score (nSPS) is 13.2. The number of benzene rings is 2. The fourth-order valence-electron chi connectivity index (χ4n) is 2.43. The largest absolute Gasteiger partial charge is 0.416 e. The molecule has 0 saturated heterocycles. The number of hydrogen-bond donors (Lipinski definition) is 0. The van der Waals surface area contributed by atoms with Gasteiger partial charge in [-0.2, -0.15) is 13.2 Å². The van der Waals surface area contributed by atoms with E-state index in [0.717, 1.165) is 17.7 Å². The van der Waals surface area contributed by atoms with Crippen LogP contribution in [0.1, 0.15) is 30.5 Å². The lowest BCUT2D eigenvalue weighted by molar-refractivity contribution is -0.137. The van der Waals surface area contributed by atoms with Crippen LogP contribution >= 0.6 is 7.60 Å². The van der Waals surface area contributed by atoms with Crippen molar-refractivity contribution in [2.24, 2.45) is 0 Å². The van der Waals surface area contributed by atoms with Crippen molar-refractivity contribution in [3.05, 3.63) is 82.7 Å². The van der Waals surface area contributed by atoms with Gasteiger partial charge < -0.3 is 9.05 Å². The molecule has 2 rings (SSSR count). The molecular weight excluding hydrogens is 388 g/mol. The summed E-state index contributed by atoms with van der Waals surface area (Å²) in [5.41, 5.74) is 0.588. The van der Waals surface area contributed by atoms with E-state index in [1.54, 1.807) is 26.0 Å². The zero-order chi connectivity index (χ0) is 20.6. The van der Waals surface area contributed by atoms with E-state index < -0.39 is 19.3 Å². The van der Waals surface area contributed by atoms with E-state index >= 15 is 0 Å². The Morgan fingerprint density at radius 1 is 0.929 bits per heavy atom.